The van der Waals surface area contributed by atoms with Gasteiger partial charge >= 0.3 is 0 Å². The van der Waals surface area contributed by atoms with E-state index in [0.717, 1.165) is 22.6 Å². The third-order valence-corrected chi connectivity index (χ3v) is 4.70. The van der Waals surface area contributed by atoms with Crippen molar-refractivity contribution in [1.29, 1.82) is 0 Å². The zero-order valence-electron chi connectivity index (χ0n) is 14.1. The van der Waals surface area contributed by atoms with Crippen molar-refractivity contribution in [1.82, 2.24) is 20.1 Å². The zero-order valence-corrected chi connectivity index (χ0v) is 14.9. The molecule has 1 aromatic carbocycles. The van der Waals surface area contributed by atoms with Crippen LogP contribution in [0.1, 0.15) is 12.0 Å². The van der Waals surface area contributed by atoms with E-state index >= 15 is 0 Å². The fraction of sp³-hybridized carbons (Fsp3) is 0.211. The molecule has 0 atom stereocenters. The zero-order chi connectivity index (χ0) is 17.5. The lowest BCUT2D eigenvalue weighted by Gasteiger charge is -2.09. The van der Waals surface area contributed by atoms with E-state index in [0.29, 0.717) is 13.0 Å². The lowest BCUT2D eigenvalue weighted by molar-refractivity contribution is -0.120. The van der Waals surface area contributed by atoms with Crippen molar-refractivity contribution in [2.75, 3.05) is 5.75 Å². The highest BCUT2D eigenvalue weighted by molar-refractivity contribution is 7.99. The van der Waals surface area contributed by atoms with E-state index in [1.807, 2.05) is 43.6 Å². The van der Waals surface area contributed by atoms with E-state index in [2.05, 4.69) is 27.5 Å². The quantitative estimate of drug-likeness (QED) is 0.663. The summed E-state index contributed by atoms with van der Waals surface area (Å²) in [4.78, 5) is 17.7. The largest absolute Gasteiger partial charge is 0.352 e. The summed E-state index contributed by atoms with van der Waals surface area (Å²) in [5, 5.41) is 7.17. The molecule has 0 aliphatic rings. The van der Waals surface area contributed by atoms with Gasteiger partial charge in [0, 0.05) is 48.6 Å². The summed E-state index contributed by atoms with van der Waals surface area (Å²) in [6, 6.07) is 14.0. The summed E-state index contributed by atoms with van der Waals surface area (Å²) in [6.07, 6.45) is 5.94. The smallest absolute Gasteiger partial charge is 0.221 e. The molecule has 0 radical (unpaired) electrons. The SMILES string of the molecule is Cn1cc(-c2ncccc2CNC(=O)CCSc2ccccc2)cn1. The summed E-state index contributed by atoms with van der Waals surface area (Å²) in [7, 11) is 1.87. The number of nitrogens with zero attached hydrogens (tertiary/aromatic N) is 3. The Kier molecular flexibility index (Phi) is 5.85. The van der Waals surface area contributed by atoms with Crippen molar-refractivity contribution in [3.63, 3.8) is 0 Å². The summed E-state index contributed by atoms with van der Waals surface area (Å²) < 4.78 is 1.74. The molecule has 0 aliphatic carbocycles. The molecule has 1 N–H and O–H groups in total. The predicted molar refractivity (Wildman–Crippen MR) is 100 cm³/mol. The van der Waals surface area contributed by atoms with Gasteiger partial charge in [-0.2, -0.15) is 5.10 Å². The third kappa shape index (κ3) is 4.93. The first-order valence-corrected chi connectivity index (χ1v) is 9.08. The molecule has 0 bridgehead atoms. The number of nitrogens with one attached hydrogen (secondary N) is 1. The molecule has 128 valence electrons. The summed E-state index contributed by atoms with van der Waals surface area (Å²) in [6.45, 7) is 0.465. The number of thioether (sulfide) groups is 1. The highest BCUT2D eigenvalue weighted by Gasteiger charge is 2.09. The molecule has 1 amide bonds. The molecule has 0 saturated heterocycles. The first kappa shape index (κ1) is 17.2. The number of amides is 1. The Morgan fingerprint density at radius 2 is 2.04 bits per heavy atom. The van der Waals surface area contributed by atoms with E-state index in [1.165, 1.54) is 4.90 Å². The predicted octanol–water partition coefficient (Wildman–Crippen LogP) is 3.28. The molecule has 0 saturated carbocycles. The van der Waals surface area contributed by atoms with Gasteiger partial charge in [-0.05, 0) is 23.8 Å². The maximum atomic E-state index is 12.1. The van der Waals surface area contributed by atoms with Crippen LogP contribution in [-0.2, 0) is 18.4 Å². The number of hydrogen-bond donors (Lipinski definition) is 1. The number of carbonyl (C=O) groups is 1. The van der Waals surface area contributed by atoms with Crippen LogP contribution < -0.4 is 5.32 Å². The van der Waals surface area contributed by atoms with Crippen molar-refractivity contribution in [3.05, 3.63) is 66.6 Å². The summed E-state index contributed by atoms with van der Waals surface area (Å²) in [5.74, 6) is 0.808. The van der Waals surface area contributed by atoms with E-state index < -0.39 is 0 Å². The minimum Gasteiger partial charge on any atom is -0.352 e. The monoisotopic (exact) mass is 352 g/mol. The van der Waals surface area contributed by atoms with Gasteiger partial charge in [0.2, 0.25) is 5.91 Å². The molecule has 2 aromatic heterocycles. The second-order valence-corrected chi connectivity index (χ2v) is 6.77. The highest BCUT2D eigenvalue weighted by Crippen LogP contribution is 2.20. The lowest BCUT2D eigenvalue weighted by atomic mass is 10.1. The number of benzene rings is 1. The van der Waals surface area contributed by atoms with Gasteiger partial charge < -0.3 is 5.32 Å². The molecule has 0 fully saturated rings. The molecule has 3 rings (SSSR count). The van der Waals surface area contributed by atoms with Gasteiger partial charge in [0.15, 0.2) is 0 Å². The Bertz CT molecular complexity index is 832. The van der Waals surface area contributed by atoms with E-state index in [9.17, 15) is 4.79 Å². The van der Waals surface area contributed by atoms with Gasteiger partial charge in [0.05, 0.1) is 11.9 Å². The fourth-order valence-corrected chi connectivity index (χ4v) is 3.32. The number of hydrogen-bond acceptors (Lipinski definition) is 4. The maximum Gasteiger partial charge on any atom is 0.221 e. The average Bonchev–Trinajstić information content (AvgIpc) is 3.07. The molecule has 3 aromatic rings. The first-order valence-electron chi connectivity index (χ1n) is 8.10. The first-order chi connectivity index (χ1) is 12.2. The van der Waals surface area contributed by atoms with Crippen LogP contribution in [0, 0.1) is 0 Å². The van der Waals surface area contributed by atoms with E-state index in [-0.39, 0.29) is 5.91 Å². The average molecular weight is 352 g/mol. The molecule has 6 heteroatoms. The van der Waals surface area contributed by atoms with Crippen LogP contribution in [0.15, 0.2) is 66.0 Å². The van der Waals surface area contributed by atoms with Gasteiger partial charge in [-0.3, -0.25) is 14.5 Å². The van der Waals surface area contributed by atoms with E-state index in [1.54, 1.807) is 28.8 Å². The Morgan fingerprint density at radius 1 is 1.20 bits per heavy atom. The molecule has 0 aliphatic heterocycles. The Morgan fingerprint density at radius 3 is 2.80 bits per heavy atom. The number of rotatable bonds is 7. The minimum absolute atomic E-state index is 0.0458. The molecular formula is C19H20N4OS. The van der Waals surface area contributed by atoms with Crippen LogP contribution >= 0.6 is 11.8 Å². The summed E-state index contributed by atoms with van der Waals surface area (Å²) in [5.41, 5.74) is 2.79. The molecule has 25 heavy (non-hydrogen) atoms. The standard InChI is InChI=1S/C19H20N4OS/c1-23-14-16(13-22-23)19-15(6-5-10-20-19)12-21-18(24)9-11-25-17-7-3-2-4-8-17/h2-8,10,13-14H,9,11-12H2,1H3,(H,21,24). The van der Waals surface area contributed by atoms with E-state index in [4.69, 9.17) is 0 Å². The number of carbonyl (C=O) groups excluding carboxylic acids is 1. The Labute approximate surface area is 151 Å². The molecular weight excluding hydrogens is 332 g/mol. The van der Waals surface area contributed by atoms with Gasteiger partial charge in [-0.1, -0.05) is 24.3 Å². The number of aromatic nitrogens is 3. The van der Waals surface area contributed by atoms with Crippen molar-refractivity contribution in [2.24, 2.45) is 7.05 Å². The van der Waals surface area contributed by atoms with Gasteiger partial charge in [0.1, 0.15) is 0 Å². The van der Waals surface area contributed by atoms with Gasteiger partial charge in [-0.15, -0.1) is 11.8 Å². The van der Waals surface area contributed by atoms with Crippen LogP contribution in [0.5, 0.6) is 0 Å². The van der Waals surface area contributed by atoms with Gasteiger partial charge in [-0.25, -0.2) is 0 Å². The normalized spacial score (nSPS) is 10.6. The maximum absolute atomic E-state index is 12.1. The van der Waals surface area contributed by atoms with Crippen molar-refractivity contribution in [2.45, 2.75) is 17.9 Å². The second kappa shape index (κ2) is 8.48. The van der Waals surface area contributed by atoms with Crippen LogP contribution in [-0.4, -0.2) is 26.4 Å². The van der Waals surface area contributed by atoms with Crippen molar-refractivity contribution < 1.29 is 4.79 Å². The van der Waals surface area contributed by atoms with Crippen LogP contribution in [0.3, 0.4) is 0 Å². The number of aryl methyl sites for hydroxylation is 1. The highest BCUT2D eigenvalue weighted by atomic mass is 32.2. The topological polar surface area (TPSA) is 59.8 Å². The lowest BCUT2D eigenvalue weighted by Crippen LogP contribution is -2.23. The molecule has 0 spiro atoms. The van der Waals surface area contributed by atoms with Crippen LogP contribution in [0.2, 0.25) is 0 Å². The molecule has 2 heterocycles. The Hall–Kier alpha value is -2.60. The van der Waals surface area contributed by atoms with Crippen LogP contribution in [0.25, 0.3) is 11.3 Å². The van der Waals surface area contributed by atoms with Gasteiger partial charge in [0.25, 0.3) is 0 Å². The van der Waals surface area contributed by atoms with Crippen molar-refractivity contribution in [3.8, 4) is 11.3 Å². The Balaban J connectivity index is 1.52. The molecule has 0 unspecified atom stereocenters. The summed E-state index contributed by atoms with van der Waals surface area (Å²) >= 11 is 1.69. The van der Waals surface area contributed by atoms with Crippen LogP contribution in [0.4, 0.5) is 0 Å². The number of pyridine rings is 1. The molecule has 5 nitrogen and oxygen atoms in total. The van der Waals surface area contributed by atoms with Crippen molar-refractivity contribution >= 4 is 17.7 Å². The fourth-order valence-electron chi connectivity index (χ4n) is 2.45. The third-order valence-electron chi connectivity index (χ3n) is 3.69. The minimum atomic E-state index is 0.0458. The second-order valence-electron chi connectivity index (χ2n) is 5.60.